The van der Waals surface area contributed by atoms with Crippen molar-refractivity contribution in [2.45, 2.75) is 25.6 Å². The summed E-state index contributed by atoms with van der Waals surface area (Å²) in [7, 11) is 0. The second-order valence-corrected chi connectivity index (χ2v) is 3.16. The van der Waals surface area contributed by atoms with Gasteiger partial charge in [-0.3, -0.25) is 4.79 Å². The summed E-state index contributed by atoms with van der Waals surface area (Å²) < 4.78 is 10.6. The van der Waals surface area contributed by atoms with Gasteiger partial charge in [-0.05, 0) is 6.42 Å². The molecule has 0 amide bonds. The van der Waals surface area contributed by atoms with Crippen LogP contribution in [0.25, 0.3) is 0 Å². The highest BCUT2D eigenvalue weighted by Gasteiger charge is 2.45. The van der Waals surface area contributed by atoms with Crippen molar-refractivity contribution < 1.29 is 14.3 Å². The Balaban J connectivity index is 2.10. The molecule has 3 nitrogen and oxygen atoms in total. The first-order valence-corrected chi connectivity index (χ1v) is 4.09. The first kappa shape index (κ1) is 7.25. The van der Waals surface area contributed by atoms with Gasteiger partial charge in [0, 0.05) is 5.92 Å². The van der Waals surface area contributed by atoms with Gasteiger partial charge in [-0.2, -0.15) is 0 Å². The first-order valence-electron chi connectivity index (χ1n) is 4.09. The zero-order valence-electron chi connectivity index (χ0n) is 6.58. The van der Waals surface area contributed by atoms with Crippen LogP contribution in [-0.4, -0.2) is 31.2 Å². The Hall–Kier alpha value is -0.410. The lowest BCUT2D eigenvalue weighted by Crippen LogP contribution is -2.25. The van der Waals surface area contributed by atoms with Gasteiger partial charge >= 0.3 is 0 Å². The average molecular weight is 156 g/mol. The second kappa shape index (κ2) is 2.57. The SMILES string of the molecule is CC[C@H]1CO[C@H]2C(=O)CO[C@@H]12. The van der Waals surface area contributed by atoms with E-state index in [0.717, 1.165) is 6.42 Å². The van der Waals surface area contributed by atoms with Crippen molar-refractivity contribution >= 4 is 5.78 Å². The van der Waals surface area contributed by atoms with E-state index in [-0.39, 0.29) is 24.6 Å². The van der Waals surface area contributed by atoms with Crippen molar-refractivity contribution in [3.8, 4) is 0 Å². The highest BCUT2D eigenvalue weighted by atomic mass is 16.6. The number of hydrogen-bond donors (Lipinski definition) is 0. The molecular formula is C8H12O3. The Kier molecular flexibility index (Phi) is 1.69. The highest BCUT2D eigenvalue weighted by molar-refractivity contribution is 5.87. The molecule has 2 heterocycles. The second-order valence-electron chi connectivity index (χ2n) is 3.16. The summed E-state index contributed by atoms with van der Waals surface area (Å²) in [6.45, 7) is 3.05. The van der Waals surface area contributed by atoms with E-state index in [2.05, 4.69) is 6.92 Å². The number of fused-ring (bicyclic) bond motifs is 1. The molecule has 0 aliphatic carbocycles. The maximum Gasteiger partial charge on any atom is 0.189 e. The van der Waals surface area contributed by atoms with Crippen LogP contribution in [0.4, 0.5) is 0 Å². The summed E-state index contributed by atoms with van der Waals surface area (Å²) in [4.78, 5) is 11.1. The van der Waals surface area contributed by atoms with E-state index in [0.29, 0.717) is 12.5 Å². The maximum absolute atomic E-state index is 11.1. The van der Waals surface area contributed by atoms with Crippen molar-refractivity contribution in [2.24, 2.45) is 5.92 Å². The molecule has 0 aromatic rings. The molecule has 2 aliphatic rings. The average Bonchev–Trinajstić information content (AvgIpc) is 2.53. The molecule has 0 N–H and O–H groups in total. The van der Waals surface area contributed by atoms with E-state index >= 15 is 0 Å². The first-order chi connectivity index (χ1) is 5.33. The minimum Gasteiger partial charge on any atom is -0.367 e. The van der Waals surface area contributed by atoms with Crippen molar-refractivity contribution in [1.29, 1.82) is 0 Å². The fourth-order valence-corrected chi connectivity index (χ4v) is 1.77. The van der Waals surface area contributed by atoms with E-state index in [1.54, 1.807) is 0 Å². The summed E-state index contributed by atoms with van der Waals surface area (Å²) in [6, 6.07) is 0. The van der Waals surface area contributed by atoms with Crippen LogP contribution in [0.5, 0.6) is 0 Å². The molecule has 0 radical (unpaired) electrons. The van der Waals surface area contributed by atoms with E-state index < -0.39 is 0 Å². The minimum absolute atomic E-state index is 0.0625. The third kappa shape index (κ3) is 0.993. The molecule has 2 fully saturated rings. The third-order valence-corrected chi connectivity index (χ3v) is 2.51. The quantitative estimate of drug-likeness (QED) is 0.550. The fraction of sp³-hybridized carbons (Fsp3) is 0.875. The Morgan fingerprint density at radius 1 is 1.55 bits per heavy atom. The lowest BCUT2D eigenvalue weighted by molar-refractivity contribution is -0.125. The molecule has 2 aliphatic heterocycles. The van der Waals surface area contributed by atoms with Gasteiger partial charge in [-0.15, -0.1) is 0 Å². The summed E-state index contributed by atoms with van der Waals surface area (Å²) in [5.41, 5.74) is 0. The van der Waals surface area contributed by atoms with Gasteiger partial charge in [0.1, 0.15) is 12.7 Å². The molecule has 0 bridgehead atoms. The van der Waals surface area contributed by atoms with Crippen LogP contribution in [0.1, 0.15) is 13.3 Å². The molecule has 0 saturated carbocycles. The minimum atomic E-state index is -0.236. The third-order valence-electron chi connectivity index (χ3n) is 2.51. The van der Waals surface area contributed by atoms with Crippen LogP contribution in [0.15, 0.2) is 0 Å². The van der Waals surface area contributed by atoms with Crippen LogP contribution in [0.3, 0.4) is 0 Å². The lowest BCUT2D eigenvalue weighted by Gasteiger charge is -2.11. The summed E-state index contributed by atoms with van der Waals surface area (Å²) in [5.74, 6) is 0.553. The molecule has 0 aromatic carbocycles. The monoisotopic (exact) mass is 156 g/mol. The Bertz CT molecular complexity index is 178. The number of Topliss-reactive ketones (excluding diaryl/α,β-unsaturated/α-hetero) is 1. The lowest BCUT2D eigenvalue weighted by atomic mass is 9.99. The fourth-order valence-electron chi connectivity index (χ4n) is 1.77. The molecule has 11 heavy (non-hydrogen) atoms. The van der Waals surface area contributed by atoms with Crippen molar-refractivity contribution in [3.63, 3.8) is 0 Å². The van der Waals surface area contributed by atoms with Crippen LogP contribution in [0, 0.1) is 5.92 Å². The van der Waals surface area contributed by atoms with Gasteiger partial charge in [0.25, 0.3) is 0 Å². The smallest absolute Gasteiger partial charge is 0.189 e. The maximum atomic E-state index is 11.1. The van der Waals surface area contributed by atoms with Gasteiger partial charge in [-0.1, -0.05) is 6.92 Å². The Morgan fingerprint density at radius 2 is 2.36 bits per heavy atom. The molecule has 0 aromatic heterocycles. The predicted octanol–water partition coefficient (Wildman–Crippen LogP) is 0.379. The zero-order chi connectivity index (χ0) is 7.84. The molecule has 3 heteroatoms. The molecular weight excluding hydrogens is 144 g/mol. The number of hydrogen-bond acceptors (Lipinski definition) is 3. The topological polar surface area (TPSA) is 35.5 Å². The molecule has 0 unspecified atom stereocenters. The molecule has 2 saturated heterocycles. The highest BCUT2D eigenvalue weighted by Crippen LogP contribution is 2.30. The van der Waals surface area contributed by atoms with Crippen molar-refractivity contribution in [3.05, 3.63) is 0 Å². The van der Waals surface area contributed by atoms with E-state index in [1.165, 1.54) is 0 Å². The predicted molar refractivity (Wildman–Crippen MR) is 38.3 cm³/mol. The number of ether oxygens (including phenoxy) is 2. The van der Waals surface area contributed by atoms with Crippen LogP contribution < -0.4 is 0 Å². The van der Waals surface area contributed by atoms with Gasteiger partial charge in [0.15, 0.2) is 5.78 Å². The van der Waals surface area contributed by atoms with Crippen molar-refractivity contribution in [1.82, 2.24) is 0 Å². The van der Waals surface area contributed by atoms with Crippen LogP contribution in [-0.2, 0) is 14.3 Å². The number of carbonyl (C=O) groups is 1. The van der Waals surface area contributed by atoms with E-state index in [4.69, 9.17) is 9.47 Å². The Labute approximate surface area is 65.7 Å². The summed E-state index contributed by atoms with van der Waals surface area (Å²) >= 11 is 0. The van der Waals surface area contributed by atoms with Crippen molar-refractivity contribution in [2.75, 3.05) is 13.2 Å². The Morgan fingerprint density at radius 3 is 3.09 bits per heavy atom. The van der Waals surface area contributed by atoms with Gasteiger partial charge in [-0.25, -0.2) is 0 Å². The molecule has 0 spiro atoms. The van der Waals surface area contributed by atoms with Crippen LogP contribution in [0.2, 0.25) is 0 Å². The standard InChI is InChI=1S/C8H12O3/c1-2-5-3-10-8-6(9)4-11-7(5)8/h5,7-8H,2-4H2,1H3/t5-,7-,8-/m0/s1. The summed E-state index contributed by atoms with van der Waals surface area (Å²) in [5, 5.41) is 0. The number of rotatable bonds is 1. The van der Waals surface area contributed by atoms with Crippen LogP contribution >= 0.6 is 0 Å². The number of carbonyl (C=O) groups excluding carboxylic acids is 1. The van der Waals surface area contributed by atoms with E-state index in [1.807, 2.05) is 0 Å². The zero-order valence-corrected chi connectivity index (χ0v) is 6.58. The molecule has 3 atom stereocenters. The molecule has 62 valence electrons. The van der Waals surface area contributed by atoms with Gasteiger partial charge in [0.2, 0.25) is 0 Å². The summed E-state index contributed by atoms with van der Waals surface area (Å²) in [6.07, 6.45) is 0.862. The largest absolute Gasteiger partial charge is 0.367 e. The molecule has 2 rings (SSSR count). The van der Waals surface area contributed by atoms with E-state index in [9.17, 15) is 4.79 Å². The van der Waals surface area contributed by atoms with Gasteiger partial charge < -0.3 is 9.47 Å². The number of ketones is 1. The normalized spacial score (nSPS) is 43.0. The van der Waals surface area contributed by atoms with Gasteiger partial charge in [0.05, 0.1) is 12.7 Å².